The summed E-state index contributed by atoms with van der Waals surface area (Å²) >= 11 is 4.55. The number of halogens is 1. The zero-order chi connectivity index (χ0) is 10.7. The van der Waals surface area contributed by atoms with E-state index in [-0.39, 0.29) is 5.82 Å². The number of ether oxygens (including phenoxy) is 1. The highest BCUT2D eigenvalue weighted by Gasteiger charge is 2.22. The van der Waals surface area contributed by atoms with Crippen LogP contribution in [-0.2, 0) is 11.2 Å². The first-order valence-corrected chi connectivity index (χ1v) is 5.77. The van der Waals surface area contributed by atoms with Crippen molar-refractivity contribution in [3.63, 3.8) is 0 Å². The van der Waals surface area contributed by atoms with Crippen LogP contribution < -0.4 is 0 Å². The van der Waals surface area contributed by atoms with Gasteiger partial charge in [0, 0.05) is 11.9 Å². The summed E-state index contributed by atoms with van der Waals surface area (Å²) in [6, 6.07) is 6.69. The first kappa shape index (κ1) is 11.0. The van der Waals surface area contributed by atoms with Gasteiger partial charge in [-0.05, 0) is 36.5 Å². The molecule has 1 heterocycles. The SMILES string of the molecule is Fc1ccc(C[C@@H]2COCC[C@H]2S)cc1. The molecule has 3 heteroatoms. The van der Waals surface area contributed by atoms with E-state index in [1.54, 1.807) is 0 Å². The van der Waals surface area contributed by atoms with Gasteiger partial charge in [0.05, 0.1) is 6.61 Å². The fourth-order valence-electron chi connectivity index (χ4n) is 1.90. The summed E-state index contributed by atoms with van der Waals surface area (Å²) in [7, 11) is 0. The van der Waals surface area contributed by atoms with Crippen molar-refractivity contribution in [2.45, 2.75) is 18.1 Å². The van der Waals surface area contributed by atoms with Crippen LogP contribution in [0, 0.1) is 11.7 Å². The monoisotopic (exact) mass is 226 g/mol. The summed E-state index contributed by atoms with van der Waals surface area (Å²) < 4.78 is 18.1. The molecule has 0 saturated carbocycles. The Hall–Kier alpha value is -0.540. The summed E-state index contributed by atoms with van der Waals surface area (Å²) in [6.45, 7) is 1.58. The van der Waals surface area contributed by atoms with Crippen molar-refractivity contribution >= 4 is 12.6 Å². The Labute approximate surface area is 95.0 Å². The zero-order valence-corrected chi connectivity index (χ0v) is 9.42. The quantitative estimate of drug-likeness (QED) is 0.763. The van der Waals surface area contributed by atoms with Crippen LogP contribution in [-0.4, -0.2) is 18.5 Å². The second kappa shape index (κ2) is 4.99. The van der Waals surface area contributed by atoms with E-state index in [0.717, 1.165) is 31.6 Å². The molecule has 0 N–H and O–H groups in total. The molecule has 82 valence electrons. The molecular formula is C12H15FOS. The standard InChI is InChI=1S/C12H15FOS/c13-11-3-1-9(2-4-11)7-10-8-14-6-5-12(10)15/h1-4,10,12,15H,5-8H2/t10-,12-/m1/s1. The van der Waals surface area contributed by atoms with Crippen LogP contribution in [0.3, 0.4) is 0 Å². The largest absolute Gasteiger partial charge is 0.381 e. The van der Waals surface area contributed by atoms with Crippen LogP contribution in [0.4, 0.5) is 4.39 Å². The number of benzene rings is 1. The van der Waals surface area contributed by atoms with Crippen molar-refractivity contribution in [2.24, 2.45) is 5.92 Å². The van der Waals surface area contributed by atoms with Gasteiger partial charge in [0.2, 0.25) is 0 Å². The van der Waals surface area contributed by atoms with E-state index in [2.05, 4.69) is 12.6 Å². The minimum Gasteiger partial charge on any atom is -0.381 e. The Balaban J connectivity index is 1.98. The third-order valence-corrected chi connectivity index (χ3v) is 3.53. The van der Waals surface area contributed by atoms with Crippen molar-refractivity contribution in [1.29, 1.82) is 0 Å². The van der Waals surface area contributed by atoms with Crippen molar-refractivity contribution in [2.75, 3.05) is 13.2 Å². The molecule has 0 spiro atoms. The average molecular weight is 226 g/mol. The summed E-state index contributed by atoms with van der Waals surface area (Å²) in [5, 5.41) is 0.406. The van der Waals surface area contributed by atoms with Gasteiger partial charge < -0.3 is 4.74 Å². The number of rotatable bonds is 2. The first-order chi connectivity index (χ1) is 7.25. The normalized spacial score (nSPS) is 26.5. The van der Waals surface area contributed by atoms with Gasteiger partial charge in [-0.25, -0.2) is 4.39 Å². The Morgan fingerprint density at radius 2 is 2.07 bits per heavy atom. The van der Waals surface area contributed by atoms with Crippen LogP contribution in [0.1, 0.15) is 12.0 Å². The van der Waals surface area contributed by atoms with E-state index < -0.39 is 0 Å². The van der Waals surface area contributed by atoms with Gasteiger partial charge in [0.1, 0.15) is 5.82 Å². The highest BCUT2D eigenvalue weighted by molar-refractivity contribution is 7.81. The van der Waals surface area contributed by atoms with Gasteiger partial charge in [0.15, 0.2) is 0 Å². The third-order valence-electron chi connectivity index (χ3n) is 2.85. The Morgan fingerprint density at radius 1 is 1.33 bits per heavy atom. The number of hydrogen-bond acceptors (Lipinski definition) is 2. The molecule has 2 rings (SSSR count). The van der Waals surface area contributed by atoms with Crippen LogP contribution in [0.2, 0.25) is 0 Å². The first-order valence-electron chi connectivity index (χ1n) is 5.26. The molecule has 1 aliphatic heterocycles. The van der Waals surface area contributed by atoms with Crippen LogP contribution in [0.15, 0.2) is 24.3 Å². The lowest BCUT2D eigenvalue weighted by Crippen LogP contribution is -2.29. The van der Waals surface area contributed by atoms with E-state index in [4.69, 9.17) is 4.74 Å². The van der Waals surface area contributed by atoms with Crippen molar-refractivity contribution in [1.82, 2.24) is 0 Å². The summed E-state index contributed by atoms with van der Waals surface area (Å²) in [5.41, 5.74) is 1.16. The molecule has 0 amide bonds. The van der Waals surface area contributed by atoms with Crippen molar-refractivity contribution in [3.05, 3.63) is 35.6 Å². The van der Waals surface area contributed by atoms with E-state index in [9.17, 15) is 4.39 Å². The molecule has 1 nitrogen and oxygen atoms in total. The maximum atomic E-state index is 12.7. The average Bonchev–Trinajstić information content (AvgIpc) is 2.25. The second-order valence-corrected chi connectivity index (χ2v) is 4.68. The maximum absolute atomic E-state index is 12.7. The van der Waals surface area contributed by atoms with Crippen LogP contribution in [0.5, 0.6) is 0 Å². The summed E-state index contributed by atoms with van der Waals surface area (Å²) in [5.74, 6) is 0.272. The molecule has 2 atom stereocenters. The molecule has 0 bridgehead atoms. The molecule has 1 aromatic carbocycles. The Bertz CT molecular complexity index is 312. The molecule has 0 unspecified atom stereocenters. The number of hydrogen-bond donors (Lipinski definition) is 1. The topological polar surface area (TPSA) is 9.23 Å². The number of thiol groups is 1. The van der Waals surface area contributed by atoms with Gasteiger partial charge >= 0.3 is 0 Å². The molecule has 1 aliphatic rings. The smallest absolute Gasteiger partial charge is 0.123 e. The molecule has 0 aromatic heterocycles. The fourth-order valence-corrected chi connectivity index (χ4v) is 2.20. The molecular weight excluding hydrogens is 211 g/mol. The van der Waals surface area contributed by atoms with Gasteiger partial charge in [-0.15, -0.1) is 0 Å². The van der Waals surface area contributed by atoms with Gasteiger partial charge in [-0.3, -0.25) is 0 Å². The lowest BCUT2D eigenvalue weighted by atomic mass is 9.94. The molecule has 1 saturated heterocycles. The maximum Gasteiger partial charge on any atom is 0.123 e. The van der Waals surface area contributed by atoms with E-state index in [0.29, 0.717) is 11.2 Å². The van der Waals surface area contributed by atoms with Gasteiger partial charge in [-0.1, -0.05) is 12.1 Å². The minimum atomic E-state index is -0.180. The van der Waals surface area contributed by atoms with E-state index in [1.807, 2.05) is 12.1 Å². The third kappa shape index (κ3) is 2.95. The van der Waals surface area contributed by atoms with Crippen molar-refractivity contribution in [3.8, 4) is 0 Å². The molecule has 0 radical (unpaired) electrons. The van der Waals surface area contributed by atoms with E-state index in [1.165, 1.54) is 12.1 Å². The summed E-state index contributed by atoms with van der Waals surface area (Å²) in [6.07, 6.45) is 1.93. The molecule has 1 fully saturated rings. The minimum absolute atomic E-state index is 0.180. The molecule has 15 heavy (non-hydrogen) atoms. The van der Waals surface area contributed by atoms with Gasteiger partial charge in [-0.2, -0.15) is 12.6 Å². The highest BCUT2D eigenvalue weighted by Crippen LogP contribution is 2.23. The lowest BCUT2D eigenvalue weighted by molar-refractivity contribution is 0.0596. The Kier molecular flexibility index (Phi) is 3.65. The van der Waals surface area contributed by atoms with Gasteiger partial charge in [0.25, 0.3) is 0 Å². The fraction of sp³-hybridized carbons (Fsp3) is 0.500. The second-order valence-electron chi connectivity index (χ2n) is 4.02. The predicted molar refractivity (Wildman–Crippen MR) is 61.8 cm³/mol. The van der Waals surface area contributed by atoms with Crippen LogP contribution >= 0.6 is 12.6 Å². The molecule has 1 aromatic rings. The molecule has 0 aliphatic carbocycles. The summed E-state index contributed by atoms with van der Waals surface area (Å²) in [4.78, 5) is 0. The Morgan fingerprint density at radius 3 is 2.73 bits per heavy atom. The predicted octanol–water partition coefficient (Wildman–Crippen LogP) is 2.70. The highest BCUT2D eigenvalue weighted by atomic mass is 32.1. The lowest BCUT2D eigenvalue weighted by Gasteiger charge is -2.28. The van der Waals surface area contributed by atoms with E-state index >= 15 is 0 Å². The van der Waals surface area contributed by atoms with Crippen LogP contribution in [0.25, 0.3) is 0 Å². The zero-order valence-electron chi connectivity index (χ0n) is 8.53. The van der Waals surface area contributed by atoms with Crippen molar-refractivity contribution < 1.29 is 9.13 Å².